The third kappa shape index (κ3) is 16.7. The van der Waals surface area contributed by atoms with E-state index >= 15 is 0 Å². The number of likely N-dealkylation sites (tertiary alicyclic amines) is 2. The molecule has 3 aliphatic heterocycles. The predicted octanol–water partition coefficient (Wildman–Crippen LogP) is 7.04. The molecular formula is C38H62ClN5O7. The van der Waals surface area contributed by atoms with Gasteiger partial charge < -0.3 is 39.2 Å². The Labute approximate surface area is 311 Å². The Morgan fingerprint density at radius 2 is 1.04 bits per heavy atom. The molecule has 2 amide bonds. The van der Waals surface area contributed by atoms with Gasteiger partial charge in [0, 0.05) is 63.5 Å². The van der Waals surface area contributed by atoms with E-state index in [0.29, 0.717) is 44.9 Å². The Balaban J connectivity index is 0.000000270. The Morgan fingerprint density at radius 1 is 0.667 bits per heavy atom. The van der Waals surface area contributed by atoms with Gasteiger partial charge in [-0.3, -0.25) is 0 Å². The van der Waals surface area contributed by atoms with Gasteiger partial charge in [-0.15, -0.1) is 12.4 Å². The van der Waals surface area contributed by atoms with Crippen LogP contribution in [0.1, 0.15) is 101 Å². The minimum absolute atomic E-state index is 0. The van der Waals surface area contributed by atoms with Crippen molar-refractivity contribution in [3.05, 3.63) is 48.8 Å². The Kier molecular flexibility index (Phi) is 16.3. The summed E-state index contributed by atoms with van der Waals surface area (Å²) in [7, 11) is 0. The van der Waals surface area contributed by atoms with E-state index in [4.69, 9.17) is 18.9 Å². The third-order valence-electron chi connectivity index (χ3n) is 8.60. The highest BCUT2D eigenvalue weighted by molar-refractivity contribution is 5.85. The number of hydrogen-bond donors (Lipinski definition) is 2. The van der Waals surface area contributed by atoms with Crippen LogP contribution in [0, 0.1) is 0 Å². The van der Waals surface area contributed by atoms with Gasteiger partial charge in [-0.05, 0) is 113 Å². The molecular weight excluding hydrogens is 674 g/mol. The van der Waals surface area contributed by atoms with Gasteiger partial charge in [0.25, 0.3) is 0 Å². The molecule has 3 fully saturated rings. The van der Waals surface area contributed by atoms with Gasteiger partial charge in [0.2, 0.25) is 11.8 Å². The van der Waals surface area contributed by atoms with Crippen LogP contribution in [0.25, 0.3) is 0 Å². The van der Waals surface area contributed by atoms with Crippen LogP contribution in [0.3, 0.4) is 0 Å². The molecule has 12 nitrogen and oxygen atoms in total. The predicted molar refractivity (Wildman–Crippen MR) is 201 cm³/mol. The quantitative estimate of drug-likeness (QED) is 0.337. The van der Waals surface area contributed by atoms with Crippen molar-refractivity contribution in [3.8, 4) is 11.8 Å². The van der Waals surface area contributed by atoms with Crippen molar-refractivity contribution in [2.75, 3.05) is 39.3 Å². The van der Waals surface area contributed by atoms with Gasteiger partial charge in [-0.1, -0.05) is 12.1 Å². The third-order valence-corrected chi connectivity index (χ3v) is 8.60. The number of pyridine rings is 2. The second-order valence-electron chi connectivity index (χ2n) is 16.1. The number of rotatable bonds is 4. The molecule has 0 aliphatic carbocycles. The molecule has 0 unspecified atom stereocenters. The number of aromatic nitrogens is 2. The lowest BCUT2D eigenvalue weighted by Crippen LogP contribution is -2.49. The molecule has 13 heteroatoms. The number of nitrogens with zero attached hydrogens (tertiary/aromatic N) is 4. The first-order valence-electron chi connectivity index (χ1n) is 17.8. The summed E-state index contributed by atoms with van der Waals surface area (Å²) in [4.78, 5) is 35.4. The van der Waals surface area contributed by atoms with Crippen molar-refractivity contribution in [2.24, 2.45) is 0 Å². The summed E-state index contributed by atoms with van der Waals surface area (Å²) in [6, 6.07) is 11.4. The van der Waals surface area contributed by atoms with Crippen molar-refractivity contribution in [3.63, 3.8) is 0 Å². The summed E-state index contributed by atoms with van der Waals surface area (Å²) in [5.74, 6) is 1.36. The maximum atomic E-state index is 12.0. The Morgan fingerprint density at radius 3 is 1.39 bits per heavy atom. The van der Waals surface area contributed by atoms with E-state index in [-0.39, 0.29) is 35.8 Å². The summed E-state index contributed by atoms with van der Waals surface area (Å²) >= 11 is 0. The zero-order valence-corrected chi connectivity index (χ0v) is 33.0. The zero-order valence-electron chi connectivity index (χ0n) is 32.2. The lowest BCUT2D eigenvalue weighted by molar-refractivity contribution is -0.0216. The number of aliphatic hydroxyl groups is 1. The second kappa shape index (κ2) is 18.9. The minimum atomic E-state index is -0.626. The van der Waals surface area contributed by atoms with Crippen LogP contribution in [0.2, 0.25) is 0 Å². The van der Waals surface area contributed by atoms with E-state index in [1.807, 2.05) is 77.9 Å². The van der Waals surface area contributed by atoms with Crippen molar-refractivity contribution < 1.29 is 33.6 Å². The van der Waals surface area contributed by atoms with Gasteiger partial charge in [-0.2, -0.15) is 0 Å². The molecule has 288 valence electrons. The number of carbonyl (C=O) groups is 2. The van der Waals surface area contributed by atoms with Crippen LogP contribution in [0.5, 0.6) is 11.8 Å². The molecule has 0 atom stereocenters. The normalized spacial score (nSPS) is 19.3. The highest BCUT2D eigenvalue weighted by Crippen LogP contribution is 2.28. The van der Waals surface area contributed by atoms with E-state index in [1.165, 1.54) is 0 Å². The van der Waals surface area contributed by atoms with Crippen molar-refractivity contribution >= 4 is 24.6 Å². The molecule has 5 rings (SSSR count). The van der Waals surface area contributed by atoms with Crippen LogP contribution in [-0.2, 0) is 9.47 Å². The van der Waals surface area contributed by atoms with E-state index in [0.717, 1.165) is 44.7 Å². The molecule has 2 aromatic heterocycles. The van der Waals surface area contributed by atoms with E-state index in [1.54, 1.807) is 29.1 Å². The van der Waals surface area contributed by atoms with Crippen molar-refractivity contribution in [1.82, 2.24) is 25.1 Å². The van der Waals surface area contributed by atoms with Crippen LogP contribution in [-0.4, -0.2) is 104 Å². The standard InChI is InChI=1S/C16H24N2O3.C11H16N2O.C11H21NO3.ClH/c1-15(2,3)21-14(19)18-11-8-16(4,9-12-18)20-13-7-5-6-10-17-13;1-11(5-8-12-9-6-11)14-10-4-2-3-7-13-10;1-10(2,3)15-9(13)12-7-5-11(4,14)6-8-12;/h5-7,10H,8-9,11-12H2,1-4H3;2-4,7,12H,5-6,8-9H2,1H3;14H,5-8H2,1-4H3;1H. The largest absolute Gasteiger partial charge is 0.471 e. The van der Waals surface area contributed by atoms with Gasteiger partial charge in [-0.25, -0.2) is 19.6 Å². The zero-order chi connectivity index (χ0) is 37.1. The molecule has 0 aromatic carbocycles. The van der Waals surface area contributed by atoms with E-state index in [2.05, 4.69) is 29.1 Å². The molecule has 3 saturated heterocycles. The van der Waals surface area contributed by atoms with Gasteiger partial charge in [0.15, 0.2) is 0 Å². The summed E-state index contributed by atoms with van der Waals surface area (Å²) in [5, 5.41) is 13.1. The molecule has 51 heavy (non-hydrogen) atoms. The number of nitrogens with one attached hydrogen (secondary N) is 1. The number of hydrogen-bond acceptors (Lipinski definition) is 10. The lowest BCUT2D eigenvalue weighted by Gasteiger charge is -2.39. The van der Waals surface area contributed by atoms with Crippen molar-refractivity contribution in [1.29, 1.82) is 0 Å². The molecule has 0 spiro atoms. The first-order chi connectivity index (χ1) is 23.3. The summed E-state index contributed by atoms with van der Waals surface area (Å²) in [6.45, 7) is 21.7. The molecule has 0 radical (unpaired) electrons. The van der Waals surface area contributed by atoms with E-state index in [9.17, 15) is 14.7 Å². The summed E-state index contributed by atoms with van der Waals surface area (Å²) in [6.07, 6.45) is 7.81. The Hall–Kier alpha value is -3.35. The SMILES string of the molecule is CC(C)(C)OC(=O)N1CCC(C)(Oc2ccccn2)CC1.CC1(O)CCN(C(=O)OC(C)(C)C)CC1.CC1(Oc2ccccn2)CCNCC1.Cl. The van der Waals surface area contributed by atoms with Crippen LogP contribution in [0.4, 0.5) is 9.59 Å². The number of carbonyl (C=O) groups excluding carboxylic acids is 2. The van der Waals surface area contributed by atoms with E-state index < -0.39 is 16.8 Å². The molecule has 0 bridgehead atoms. The maximum Gasteiger partial charge on any atom is 0.410 e. The fourth-order valence-corrected chi connectivity index (χ4v) is 5.47. The van der Waals surface area contributed by atoms with Crippen LogP contribution < -0.4 is 14.8 Å². The monoisotopic (exact) mass is 735 g/mol. The average molecular weight is 736 g/mol. The number of halogens is 1. The molecule has 3 aliphatic rings. The molecule has 2 N–H and O–H groups in total. The highest BCUT2D eigenvalue weighted by atomic mass is 35.5. The maximum absolute atomic E-state index is 12.0. The van der Waals surface area contributed by atoms with Gasteiger partial charge >= 0.3 is 12.2 Å². The lowest BCUT2D eigenvalue weighted by atomic mass is 9.93. The van der Waals surface area contributed by atoms with Crippen LogP contribution >= 0.6 is 12.4 Å². The summed E-state index contributed by atoms with van der Waals surface area (Å²) < 4.78 is 22.5. The van der Waals surface area contributed by atoms with Crippen molar-refractivity contribution in [2.45, 2.75) is 129 Å². The number of ether oxygens (including phenoxy) is 4. The van der Waals surface area contributed by atoms with Gasteiger partial charge in [0.05, 0.1) is 5.60 Å². The smallest absolute Gasteiger partial charge is 0.410 e. The fraction of sp³-hybridized carbons (Fsp3) is 0.684. The minimum Gasteiger partial charge on any atom is -0.471 e. The van der Waals surface area contributed by atoms with Gasteiger partial charge in [0.1, 0.15) is 22.4 Å². The van der Waals surface area contributed by atoms with Crippen LogP contribution in [0.15, 0.2) is 48.8 Å². The fourth-order valence-electron chi connectivity index (χ4n) is 5.47. The first-order valence-corrected chi connectivity index (χ1v) is 17.8. The molecule has 5 heterocycles. The highest BCUT2D eigenvalue weighted by Gasteiger charge is 2.36. The molecule has 2 aromatic rings. The Bertz CT molecular complexity index is 1310. The first kappa shape index (κ1) is 43.8. The number of amides is 2. The topological polar surface area (TPSA) is 136 Å². The summed E-state index contributed by atoms with van der Waals surface area (Å²) in [5.41, 5.74) is -1.86. The average Bonchev–Trinajstić information content (AvgIpc) is 3.01. The second-order valence-corrected chi connectivity index (χ2v) is 16.1. The molecule has 0 saturated carbocycles. The number of piperidine rings is 3.